The first-order chi connectivity index (χ1) is 16.7. The molecule has 1 N–H and O–H groups in total. The Kier molecular flexibility index (Phi) is 5.66. The van der Waals surface area contributed by atoms with Crippen LogP contribution in [0.1, 0.15) is 30.0 Å². The van der Waals surface area contributed by atoms with E-state index < -0.39 is 14.6 Å². The molecule has 2 fully saturated rings. The molecule has 2 amide bonds. The van der Waals surface area contributed by atoms with Gasteiger partial charge in [-0.05, 0) is 49.6 Å². The monoisotopic (exact) mass is 498 g/mol. The van der Waals surface area contributed by atoms with Gasteiger partial charge >= 0.3 is 6.03 Å². The third-order valence-corrected chi connectivity index (χ3v) is 9.90. The molecule has 0 unspecified atom stereocenters. The Morgan fingerprint density at radius 2 is 1.77 bits per heavy atom. The number of nitrogens with one attached hydrogen (secondary N) is 1. The number of carbonyl (C=O) groups excluding carboxylic acids is 1. The third-order valence-electron chi connectivity index (χ3n) is 7.38. The lowest BCUT2D eigenvalue weighted by atomic mass is 9.92. The zero-order valence-electron chi connectivity index (χ0n) is 20.4. The van der Waals surface area contributed by atoms with E-state index in [0.717, 1.165) is 28.8 Å². The van der Waals surface area contributed by atoms with Crippen LogP contribution in [0.15, 0.2) is 41.5 Å². The van der Waals surface area contributed by atoms with Crippen molar-refractivity contribution in [3.05, 3.63) is 53.1 Å². The van der Waals surface area contributed by atoms with Crippen LogP contribution in [-0.2, 0) is 16.3 Å². The number of benzene rings is 2. The smallest absolute Gasteiger partial charge is 0.337 e. The summed E-state index contributed by atoms with van der Waals surface area (Å²) in [7, 11) is 1.83. The number of urea groups is 1. The second-order valence-electron chi connectivity index (χ2n) is 9.42. The summed E-state index contributed by atoms with van der Waals surface area (Å²) >= 11 is 0. The van der Waals surface area contributed by atoms with Crippen LogP contribution in [0.25, 0.3) is 0 Å². The average molecular weight is 499 g/mol. The molecule has 10 heteroatoms. The molecule has 9 nitrogen and oxygen atoms in total. The van der Waals surface area contributed by atoms with Crippen LogP contribution >= 0.6 is 0 Å². The molecule has 186 valence electrons. The molecule has 1 spiro atoms. The summed E-state index contributed by atoms with van der Waals surface area (Å²) < 4.78 is 34.8. The van der Waals surface area contributed by atoms with Crippen molar-refractivity contribution in [3.8, 4) is 11.5 Å². The SMILES string of the molecule is CNC(=O)N1N=C(c2ccc(N3CC4(CCS4(=O)=O)C3)cc2)c2cc(OC)c(OC)cc2C[C@H]1C. The second-order valence-corrected chi connectivity index (χ2v) is 11.9. The Hall–Kier alpha value is -3.27. The number of ether oxygens (including phenoxy) is 2. The summed E-state index contributed by atoms with van der Waals surface area (Å²) in [4.78, 5) is 14.7. The summed E-state index contributed by atoms with van der Waals surface area (Å²) in [5.74, 6) is 1.51. The van der Waals surface area contributed by atoms with Crippen molar-refractivity contribution in [1.29, 1.82) is 0 Å². The van der Waals surface area contributed by atoms with Crippen molar-refractivity contribution >= 4 is 27.3 Å². The number of hydrogen-bond donors (Lipinski definition) is 1. The van der Waals surface area contributed by atoms with Crippen molar-refractivity contribution in [2.45, 2.75) is 30.6 Å². The van der Waals surface area contributed by atoms with E-state index in [1.54, 1.807) is 21.3 Å². The molecule has 35 heavy (non-hydrogen) atoms. The van der Waals surface area contributed by atoms with Crippen molar-refractivity contribution in [2.24, 2.45) is 5.10 Å². The van der Waals surface area contributed by atoms with Gasteiger partial charge in [0.05, 0.1) is 31.7 Å². The number of hydrogen-bond acceptors (Lipinski definition) is 7. The highest BCUT2D eigenvalue weighted by atomic mass is 32.2. The second kappa shape index (κ2) is 8.44. The van der Waals surface area contributed by atoms with Crippen LogP contribution < -0.4 is 19.7 Å². The van der Waals surface area contributed by atoms with E-state index in [-0.39, 0.29) is 12.1 Å². The number of fused-ring (bicyclic) bond motifs is 1. The number of methoxy groups -OCH3 is 2. The maximum Gasteiger partial charge on any atom is 0.337 e. The summed E-state index contributed by atoms with van der Waals surface area (Å²) in [6.45, 7) is 3.04. The molecule has 3 aliphatic heterocycles. The van der Waals surface area contributed by atoms with Gasteiger partial charge in [0.15, 0.2) is 21.3 Å². The van der Waals surface area contributed by atoms with E-state index in [9.17, 15) is 13.2 Å². The van der Waals surface area contributed by atoms with E-state index >= 15 is 0 Å². The van der Waals surface area contributed by atoms with Crippen molar-refractivity contribution in [1.82, 2.24) is 10.3 Å². The lowest BCUT2D eigenvalue weighted by Gasteiger charge is -2.55. The Morgan fingerprint density at radius 3 is 2.31 bits per heavy atom. The molecular weight excluding hydrogens is 468 g/mol. The van der Waals surface area contributed by atoms with Crippen molar-refractivity contribution in [2.75, 3.05) is 45.0 Å². The minimum absolute atomic E-state index is 0.176. The number of rotatable bonds is 4. The summed E-state index contributed by atoms with van der Waals surface area (Å²) in [5, 5.41) is 8.94. The molecule has 0 bridgehead atoms. The largest absolute Gasteiger partial charge is 0.493 e. The van der Waals surface area contributed by atoms with Gasteiger partial charge in [0, 0.05) is 37.0 Å². The van der Waals surface area contributed by atoms with Gasteiger partial charge in [-0.2, -0.15) is 5.10 Å². The molecule has 3 aliphatic rings. The summed E-state index contributed by atoms with van der Waals surface area (Å²) in [5.41, 5.74) is 4.35. The molecule has 2 aromatic carbocycles. The van der Waals surface area contributed by atoms with Crippen LogP contribution in [0.5, 0.6) is 11.5 Å². The first-order valence-electron chi connectivity index (χ1n) is 11.6. The van der Waals surface area contributed by atoms with E-state index in [0.29, 0.717) is 42.5 Å². The molecule has 0 aliphatic carbocycles. The van der Waals surface area contributed by atoms with E-state index in [2.05, 4.69) is 10.2 Å². The highest BCUT2D eigenvalue weighted by molar-refractivity contribution is 7.94. The van der Waals surface area contributed by atoms with Gasteiger partial charge in [0.1, 0.15) is 4.75 Å². The fourth-order valence-corrected chi connectivity index (χ4v) is 6.94. The number of amides is 2. The van der Waals surface area contributed by atoms with E-state index in [4.69, 9.17) is 14.6 Å². The van der Waals surface area contributed by atoms with Gasteiger partial charge in [-0.3, -0.25) is 0 Å². The Bertz CT molecular complexity index is 1300. The van der Waals surface area contributed by atoms with Crippen LogP contribution in [0.3, 0.4) is 0 Å². The normalized spacial score (nSPS) is 21.7. The average Bonchev–Trinajstić information content (AvgIpc) is 2.97. The lowest BCUT2D eigenvalue weighted by molar-refractivity contribution is 0.184. The lowest BCUT2D eigenvalue weighted by Crippen LogP contribution is -2.72. The number of anilines is 1. The molecule has 2 aromatic rings. The van der Waals surface area contributed by atoms with E-state index in [1.165, 1.54) is 5.01 Å². The van der Waals surface area contributed by atoms with E-state index in [1.807, 2.05) is 43.3 Å². The molecule has 3 heterocycles. The molecule has 0 saturated carbocycles. The number of carbonyl (C=O) groups is 1. The molecular formula is C25H30N4O5S. The first kappa shape index (κ1) is 23.5. The van der Waals surface area contributed by atoms with Gasteiger partial charge < -0.3 is 19.7 Å². The van der Waals surface area contributed by atoms with Gasteiger partial charge in [0.25, 0.3) is 0 Å². The minimum atomic E-state index is -2.95. The predicted molar refractivity (Wildman–Crippen MR) is 134 cm³/mol. The minimum Gasteiger partial charge on any atom is -0.493 e. The van der Waals surface area contributed by atoms with Gasteiger partial charge in [0.2, 0.25) is 0 Å². The predicted octanol–water partition coefficient (Wildman–Crippen LogP) is 2.42. The maximum absolute atomic E-state index is 12.6. The number of sulfone groups is 1. The fraction of sp³-hybridized carbons (Fsp3) is 0.440. The molecule has 0 radical (unpaired) electrons. The van der Waals surface area contributed by atoms with Gasteiger partial charge in [-0.15, -0.1) is 0 Å². The number of hydrazone groups is 1. The fourth-order valence-electron chi connectivity index (χ4n) is 5.12. The standard InChI is InChI=1S/C25H30N4O5S/c1-16-11-18-12-21(33-3)22(34-4)13-20(18)23(27-29(16)24(30)26-2)17-5-7-19(8-6-17)28-14-25(15-28)9-10-35(25,31)32/h5-8,12-13,16H,9-11,14-15H2,1-4H3,(H,26,30)/t16-/m1/s1. The Balaban J connectivity index is 1.52. The highest BCUT2D eigenvalue weighted by Crippen LogP contribution is 2.44. The van der Waals surface area contributed by atoms with Gasteiger partial charge in [-0.1, -0.05) is 12.1 Å². The zero-order chi connectivity index (χ0) is 25.0. The van der Waals surface area contributed by atoms with Crippen LogP contribution in [0, 0.1) is 0 Å². The Labute approximate surface area is 205 Å². The molecule has 5 rings (SSSR count). The summed E-state index contributed by atoms with van der Waals surface area (Å²) in [6.07, 6.45) is 1.34. The molecule has 0 aromatic heterocycles. The van der Waals surface area contributed by atoms with Crippen molar-refractivity contribution < 1.29 is 22.7 Å². The topological polar surface area (TPSA) is 101 Å². The maximum atomic E-state index is 12.6. The van der Waals surface area contributed by atoms with Gasteiger partial charge in [-0.25, -0.2) is 18.2 Å². The van der Waals surface area contributed by atoms with Crippen LogP contribution in [-0.4, -0.2) is 76.1 Å². The zero-order valence-corrected chi connectivity index (χ0v) is 21.2. The first-order valence-corrected chi connectivity index (χ1v) is 13.3. The van der Waals surface area contributed by atoms with Crippen LogP contribution in [0.2, 0.25) is 0 Å². The van der Waals surface area contributed by atoms with Crippen LogP contribution in [0.4, 0.5) is 10.5 Å². The highest BCUT2D eigenvalue weighted by Gasteiger charge is 2.59. The van der Waals surface area contributed by atoms with Crippen molar-refractivity contribution in [3.63, 3.8) is 0 Å². The Morgan fingerprint density at radius 1 is 1.11 bits per heavy atom. The molecule has 1 atom stereocenters. The number of nitrogens with zero attached hydrogens (tertiary/aromatic N) is 3. The summed E-state index contributed by atoms with van der Waals surface area (Å²) in [6, 6.07) is 11.3. The molecule has 2 saturated heterocycles. The third kappa shape index (κ3) is 3.71. The quantitative estimate of drug-likeness (QED) is 0.695.